The highest BCUT2D eigenvalue weighted by Gasteiger charge is 2.48. The van der Waals surface area contributed by atoms with Crippen LogP contribution in [0.5, 0.6) is 0 Å². The molecule has 26 heavy (non-hydrogen) atoms. The van der Waals surface area contributed by atoms with Gasteiger partial charge in [0.15, 0.2) is 0 Å². The second-order valence-corrected chi connectivity index (χ2v) is 9.67. The highest BCUT2D eigenvalue weighted by atomic mass is 32.2. The molecule has 2 aromatic rings. The Morgan fingerprint density at radius 3 is 2.88 bits per heavy atom. The van der Waals surface area contributed by atoms with Gasteiger partial charge in [0.05, 0.1) is 11.6 Å². The minimum Gasteiger partial charge on any atom is -0.381 e. The van der Waals surface area contributed by atoms with Gasteiger partial charge >= 0.3 is 0 Å². The Hall–Kier alpha value is -1.50. The Kier molecular flexibility index (Phi) is 4.53. The summed E-state index contributed by atoms with van der Waals surface area (Å²) in [5.74, 6) is 0. The zero-order chi connectivity index (χ0) is 18.4. The molecular weight excluding hydrogens is 348 g/mol. The average Bonchev–Trinajstić information content (AvgIpc) is 3.02. The third-order valence-electron chi connectivity index (χ3n) is 6.11. The molecule has 5 nitrogen and oxygen atoms in total. The van der Waals surface area contributed by atoms with Crippen LogP contribution in [-0.4, -0.2) is 44.0 Å². The summed E-state index contributed by atoms with van der Waals surface area (Å²) in [5.41, 5.74) is 1.46. The van der Waals surface area contributed by atoms with E-state index < -0.39 is 10.0 Å². The van der Waals surface area contributed by atoms with E-state index in [-0.39, 0.29) is 11.5 Å². The summed E-state index contributed by atoms with van der Waals surface area (Å²) in [6.45, 7) is 3.06. The fourth-order valence-electron chi connectivity index (χ4n) is 4.90. The first-order valence-electron chi connectivity index (χ1n) is 9.35. The van der Waals surface area contributed by atoms with Gasteiger partial charge in [0, 0.05) is 37.2 Å². The molecule has 0 bridgehead atoms. The Bertz CT molecular complexity index is 928. The van der Waals surface area contributed by atoms with E-state index in [0.29, 0.717) is 23.5 Å². The molecule has 1 aromatic carbocycles. The molecule has 140 valence electrons. The highest BCUT2D eigenvalue weighted by molar-refractivity contribution is 7.89. The second kappa shape index (κ2) is 6.59. The number of ether oxygens (including phenoxy) is 1. The van der Waals surface area contributed by atoms with Crippen molar-refractivity contribution in [3.8, 4) is 0 Å². The van der Waals surface area contributed by atoms with Gasteiger partial charge < -0.3 is 4.74 Å². The molecule has 1 aliphatic heterocycles. The van der Waals surface area contributed by atoms with Crippen molar-refractivity contribution < 1.29 is 13.2 Å². The molecule has 1 spiro atoms. The SMILES string of the molecule is CO[C@@H]1CCC[C@]12CCCN(S(=O)(=O)c1cc(C)cc3cccnc13)C2. The van der Waals surface area contributed by atoms with Crippen LogP contribution in [0.1, 0.15) is 37.7 Å². The van der Waals surface area contributed by atoms with Crippen molar-refractivity contribution in [3.63, 3.8) is 0 Å². The summed E-state index contributed by atoms with van der Waals surface area (Å²) in [6.07, 6.45) is 6.94. The minimum atomic E-state index is -3.59. The maximum atomic E-state index is 13.5. The maximum Gasteiger partial charge on any atom is 0.245 e. The summed E-state index contributed by atoms with van der Waals surface area (Å²) in [5, 5.41) is 0.869. The number of aryl methyl sites for hydroxylation is 1. The molecule has 4 rings (SSSR count). The third-order valence-corrected chi connectivity index (χ3v) is 7.97. The number of rotatable bonds is 3. The van der Waals surface area contributed by atoms with Crippen molar-refractivity contribution in [1.29, 1.82) is 0 Å². The van der Waals surface area contributed by atoms with E-state index in [1.807, 2.05) is 25.1 Å². The number of benzene rings is 1. The molecule has 0 radical (unpaired) electrons. The predicted molar refractivity (Wildman–Crippen MR) is 102 cm³/mol. The largest absolute Gasteiger partial charge is 0.381 e. The van der Waals surface area contributed by atoms with Gasteiger partial charge in [-0.1, -0.05) is 12.5 Å². The van der Waals surface area contributed by atoms with Crippen LogP contribution < -0.4 is 0 Å². The summed E-state index contributed by atoms with van der Waals surface area (Å²) >= 11 is 0. The number of fused-ring (bicyclic) bond motifs is 1. The minimum absolute atomic E-state index is 0.0346. The molecular formula is C20H26N2O3S. The van der Waals surface area contributed by atoms with Crippen LogP contribution in [0.3, 0.4) is 0 Å². The Labute approximate surface area is 155 Å². The molecule has 6 heteroatoms. The summed E-state index contributed by atoms with van der Waals surface area (Å²) in [7, 11) is -1.84. The van der Waals surface area contributed by atoms with Crippen molar-refractivity contribution in [3.05, 3.63) is 36.0 Å². The van der Waals surface area contributed by atoms with E-state index in [2.05, 4.69) is 4.98 Å². The topological polar surface area (TPSA) is 59.5 Å². The van der Waals surface area contributed by atoms with Gasteiger partial charge in [-0.2, -0.15) is 4.31 Å². The standard InChI is InChI=1S/C20H26N2O3S/c1-15-12-16-6-4-10-21-19(16)17(13-15)26(23,24)22-11-5-9-20(14-22)8-3-7-18(20)25-2/h4,6,10,12-13,18H,3,5,7-9,11,14H2,1-2H3/t18-,20-/m1/s1. The Balaban J connectivity index is 1.76. The number of hydrogen-bond acceptors (Lipinski definition) is 4. The Morgan fingerprint density at radius 1 is 1.27 bits per heavy atom. The lowest BCUT2D eigenvalue weighted by Crippen LogP contribution is -2.49. The Morgan fingerprint density at radius 2 is 2.08 bits per heavy atom. The van der Waals surface area contributed by atoms with Crippen LogP contribution in [-0.2, 0) is 14.8 Å². The lowest BCUT2D eigenvalue weighted by Gasteiger charge is -2.43. The van der Waals surface area contributed by atoms with Crippen LogP contribution in [0.25, 0.3) is 10.9 Å². The smallest absolute Gasteiger partial charge is 0.245 e. The third kappa shape index (κ3) is 2.84. The number of methoxy groups -OCH3 is 1. The monoisotopic (exact) mass is 374 g/mol. The van der Waals surface area contributed by atoms with Gasteiger partial charge in [-0.3, -0.25) is 4.98 Å². The van der Waals surface area contributed by atoms with Gasteiger partial charge in [-0.05, 0) is 56.4 Å². The fraction of sp³-hybridized carbons (Fsp3) is 0.550. The highest BCUT2D eigenvalue weighted by Crippen LogP contribution is 2.47. The molecule has 1 saturated heterocycles. The van der Waals surface area contributed by atoms with Crippen LogP contribution in [0.2, 0.25) is 0 Å². The molecule has 1 aromatic heterocycles. The van der Waals surface area contributed by atoms with Gasteiger partial charge in [-0.15, -0.1) is 0 Å². The van der Waals surface area contributed by atoms with E-state index in [1.54, 1.807) is 23.7 Å². The number of aromatic nitrogens is 1. The molecule has 1 saturated carbocycles. The van der Waals surface area contributed by atoms with Crippen LogP contribution in [0, 0.1) is 12.3 Å². The number of nitrogens with zero attached hydrogens (tertiary/aromatic N) is 2. The second-order valence-electron chi connectivity index (χ2n) is 7.76. The first-order chi connectivity index (χ1) is 12.5. The van der Waals surface area contributed by atoms with E-state index in [4.69, 9.17) is 4.74 Å². The van der Waals surface area contributed by atoms with E-state index in [9.17, 15) is 8.42 Å². The number of hydrogen-bond donors (Lipinski definition) is 0. The molecule has 0 amide bonds. The predicted octanol–water partition coefficient (Wildman–Crippen LogP) is 3.51. The summed E-state index contributed by atoms with van der Waals surface area (Å²) in [4.78, 5) is 4.70. The van der Waals surface area contributed by atoms with Gasteiger partial charge in [0.1, 0.15) is 4.90 Å². The van der Waals surface area contributed by atoms with Crippen molar-refractivity contribution in [2.24, 2.45) is 5.41 Å². The first kappa shape index (κ1) is 17.9. The van der Waals surface area contributed by atoms with E-state index >= 15 is 0 Å². The summed E-state index contributed by atoms with van der Waals surface area (Å²) < 4.78 is 34.5. The molecule has 0 N–H and O–H groups in total. The molecule has 0 unspecified atom stereocenters. The van der Waals surface area contributed by atoms with E-state index in [1.165, 1.54) is 0 Å². The van der Waals surface area contributed by atoms with Gasteiger partial charge in [0.25, 0.3) is 0 Å². The van der Waals surface area contributed by atoms with Crippen molar-refractivity contribution in [1.82, 2.24) is 9.29 Å². The van der Waals surface area contributed by atoms with Crippen molar-refractivity contribution >= 4 is 20.9 Å². The van der Waals surface area contributed by atoms with Crippen LogP contribution >= 0.6 is 0 Å². The van der Waals surface area contributed by atoms with Crippen LogP contribution in [0.4, 0.5) is 0 Å². The number of piperidine rings is 1. The zero-order valence-corrected chi connectivity index (χ0v) is 16.3. The van der Waals surface area contributed by atoms with Crippen molar-refractivity contribution in [2.45, 2.75) is 50.0 Å². The molecule has 2 fully saturated rings. The maximum absolute atomic E-state index is 13.5. The molecule has 2 heterocycles. The molecule has 2 aliphatic rings. The normalized spacial score (nSPS) is 27.4. The average molecular weight is 375 g/mol. The number of sulfonamides is 1. The first-order valence-corrected chi connectivity index (χ1v) is 10.8. The quantitative estimate of drug-likeness (QED) is 0.825. The lowest BCUT2D eigenvalue weighted by molar-refractivity contribution is -0.0184. The van der Waals surface area contributed by atoms with Crippen molar-refractivity contribution in [2.75, 3.05) is 20.2 Å². The van der Waals surface area contributed by atoms with E-state index in [0.717, 1.165) is 43.1 Å². The zero-order valence-electron chi connectivity index (χ0n) is 15.4. The van der Waals surface area contributed by atoms with Gasteiger partial charge in [-0.25, -0.2) is 8.42 Å². The van der Waals surface area contributed by atoms with Gasteiger partial charge in [0.2, 0.25) is 10.0 Å². The fourth-order valence-corrected chi connectivity index (χ4v) is 6.73. The summed E-state index contributed by atoms with van der Waals surface area (Å²) in [6, 6.07) is 7.51. The molecule has 2 atom stereocenters. The lowest BCUT2D eigenvalue weighted by atomic mass is 9.77. The van der Waals surface area contributed by atoms with Crippen LogP contribution in [0.15, 0.2) is 35.4 Å². The molecule has 1 aliphatic carbocycles. The number of pyridine rings is 1.